The maximum Gasteiger partial charge on any atom is 0.322 e. The van der Waals surface area contributed by atoms with E-state index in [1.165, 1.54) is 11.9 Å². The second-order valence-corrected chi connectivity index (χ2v) is 4.75. The molecule has 5 heteroatoms. The van der Waals surface area contributed by atoms with Crippen molar-refractivity contribution in [2.75, 3.05) is 6.61 Å². The average molecular weight is 248 g/mol. The molecular weight excluding hydrogens is 224 g/mol. The molecule has 0 aliphatic heterocycles. The van der Waals surface area contributed by atoms with Crippen molar-refractivity contribution in [1.29, 1.82) is 0 Å². The first-order valence-corrected chi connectivity index (χ1v) is 6.86. The van der Waals surface area contributed by atoms with Crippen LogP contribution < -0.4 is 10.5 Å². The van der Waals surface area contributed by atoms with Crippen LogP contribution in [0.3, 0.4) is 0 Å². The summed E-state index contributed by atoms with van der Waals surface area (Å²) in [5.41, 5.74) is 5.05. The van der Waals surface area contributed by atoms with Gasteiger partial charge in [0.25, 0.3) is 0 Å². The van der Waals surface area contributed by atoms with Crippen LogP contribution in [0.4, 0.5) is 4.79 Å². The number of ether oxygens (including phenoxy) is 1. The Morgan fingerprint density at radius 3 is 2.50 bits per heavy atom. The third-order valence-electron chi connectivity index (χ3n) is 2.36. The first kappa shape index (κ1) is 15.6. The van der Waals surface area contributed by atoms with E-state index in [9.17, 15) is 4.79 Å². The van der Waals surface area contributed by atoms with Gasteiger partial charge in [0.15, 0.2) is 0 Å². The van der Waals surface area contributed by atoms with Crippen LogP contribution >= 0.6 is 11.9 Å². The predicted molar refractivity (Wildman–Crippen MR) is 69.3 cm³/mol. The number of nitrogens with one attached hydrogen (secondary N) is 1. The molecule has 0 bridgehead atoms. The summed E-state index contributed by atoms with van der Waals surface area (Å²) in [6, 6.07) is -0.494. The summed E-state index contributed by atoms with van der Waals surface area (Å²) >= 11 is 1.37. The van der Waals surface area contributed by atoms with E-state index in [0.29, 0.717) is 0 Å². The lowest BCUT2D eigenvalue weighted by molar-refractivity contribution is 0.0467. The summed E-state index contributed by atoms with van der Waals surface area (Å²) in [5, 5.41) is 0.273. The molecule has 4 nitrogen and oxygen atoms in total. The fourth-order valence-corrected chi connectivity index (χ4v) is 2.28. The van der Waals surface area contributed by atoms with Crippen LogP contribution in [0.5, 0.6) is 0 Å². The number of hydrogen-bond donors (Lipinski definition) is 2. The lowest BCUT2D eigenvalue weighted by Gasteiger charge is -2.24. The number of unbranched alkanes of at least 4 members (excludes halogenated alkanes) is 1. The molecule has 2 atom stereocenters. The van der Waals surface area contributed by atoms with Gasteiger partial charge in [-0.2, -0.15) is 0 Å². The highest BCUT2D eigenvalue weighted by Crippen LogP contribution is 2.20. The molecule has 0 radical (unpaired) electrons. The van der Waals surface area contributed by atoms with E-state index < -0.39 is 6.03 Å². The van der Waals surface area contributed by atoms with Gasteiger partial charge >= 0.3 is 6.03 Å². The van der Waals surface area contributed by atoms with Gasteiger partial charge in [-0.25, -0.2) is 4.79 Å². The molecule has 0 spiro atoms. The molecule has 0 saturated carbocycles. The van der Waals surface area contributed by atoms with Crippen molar-refractivity contribution in [2.24, 2.45) is 5.73 Å². The highest BCUT2D eigenvalue weighted by molar-refractivity contribution is 7.98. The van der Waals surface area contributed by atoms with E-state index in [1.807, 2.05) is 0 Å². The molecule has 0 saturated heterocycles. The zero-order valence-corrected chi connectivity index (χ0v) is 11.3. The second-order valence-electron chi connectivity index (χ2n) is 3.70. The van der Waals surface area contributed by atoms with Crippen LogP contribution in [-0.4, -0.2) is 24.0 Å². The summed E-state index contributed by atoms with van der Waals surface area (Å²) in [6.07, 6.45) is 4.32. The summed E-state index contributed by atoms with van der Waals surface area (Å²) in [4.78, 5) is 10.6. The van der Waals surface area contributed by atoms with E-state index in [2.05, 4.69) is 25.5 Å². The summed E-state index contributed by atoms with van der Waals surface area (Å²) < 4.78 is 8.38. The zero-order chi connectivity index (χ0) is 12.4. The van der Waals surface area contributed by atoms with Gasteiger partial charge in [0.2, 0.25) is 0 Å². The lowest BCUT2D eigenvalue weighted by Crippen LogP contribution is -2.32. The molecule has 96 valence electrons. The quantitative estimate of drug-likeness (QED) is 0.487. The molecular formula is C11H24N2O2S. The molecule has 0 aromatic heterocycles. The van der Waals surface area contributed by atoms with Crippen LogP contribution in [-0.2, 0) is 4.74 Å². The number of carbonyl (C=O) groups excluding carboxylic acids is 1. The molecule has 0 rings (SSSR count). The Labute approximate surface area is 103 Å². The van der Waals surface area contributed by atoms with Crippen LogP contribution in [0, 0.1) is 0 Å². The standard InChI is InChI=1S/C11H24N2O2S/c1-4-7-8-15-9(5-2)10(6-3)16-13-11(12)14/h9-10H,4-8H2,1-3H3,(H3,12,13,14). The number of primary amides is 1. The molecule has 3 N–H and O–H groups in total. The highest BCUT2D eigenvalue weighted by atomic mass is 32.2. The van der Waals surface area contributed by atoms with Crippen molar-refractivity contribution in [2.45, 2.75) is 57.8 Å². The Morgan fingerprint density at radius 2 is 2.06 bits per heavy atom. The number of urea groups is 1. The maximum absolute atomic E-state index is 10.6. The van der Waals surface area contributed by atoms with E-state index in [0.717, 1.165) is 32.3 Å². The maximum atomic E-state index is 10.6. The third-order valence-corrected chi connectivity index (χ3v) is 3.62. The molecule has 0 fully saturated rings. The topological polar surface area (TPSA) is 64.3 Å². The minimum Gasteiger partial charge on any atom is -0.377 e. The monoisotopic (exact) mass is 248 g/mol. The van der Waals surface area contributed by atoms with Crippen molar-refractivity contribution in [3.05, 3.63) is 0 Å². The Bertz CT molecular complexity index is 191. The van der Waals surface area contributed by atoms with E-state index >= 15 is 0 Å². The summed E-state index contributed by atoms with van der Waals surface area (Å²) in [7, 11) is 0. The molecule has 16 heavy (non-hydrogen) atoms. The molecule has 0 aliphatic rings. The lowest BCUT2D eigenvalue weighted by atomic mass is 10.1. The van der Waals surface area contributed by atoms with Gasteiger partial charge in [-0.15, -0.1) is 0 Å². The van der Waals surface area contributed by atoms with Gasteiger partial charge in [-0.1, -0.05) is 27.2 Å². The highest BCUT2D eigenvalue weighted by Gasteiger charge is 2.20. The van der Waals surface area contributed by atoms with Crippen molar-refractivity contribution in [3.63, 3.8) is 0 Å². The van der Waals surface area contributed by atoms with E-state index in [-0.39, 0.29) is 11.4 Å². The van der Waals surface area contributed by atoms with Gasteiger partial charge < -0.3 is 10.5 Å². The largest absolute Gasteiger partial charge is 0.377 e. The summed E-state index contributed by atoms with van der Waals surface area (Å²) in [5.74, 6) is 0. The van der Waals surface area contributed by atoms with Gasteiger partial charge in [0, 0.05) is 6.61 Å². The number of rotatable bonds is 9. The molecule has 2 unspecified atom stereocenters. The van der Waals surface area contributed by atoms with Gasteiger partial charge in [0.1, 0.15) is 0 Å². The molecule has 0 heterocycles. The normalized spacial score (nSPS) is 14.4. The first-order valence-electron chi connectivity index (χ1n) is 5.98. The molecule has 0 aromatic rings. The third kappa shape index (κ3) is 6.95. The van der Waals surface area contributed by atoms with E-state index in [1.54, 1.807) is 0 Å². The Balaban J connectivity index is 3.99. The summed E-state index contributed by atoms with van der Waals surface area (Å²) in [6.45, 7) is 7.13. The van der Waals surface area contributed by atoms with Crippen molar-refractivity contribution < 1.29 is 9.53 Å². The van der Waals surface area contributed by atoms with Gasteiger partial charge in [-0.3, -0.25) is 4.72 Å². The predicted octanol–water partition coefficient (Wildman–Crippen LogP) is 2.68. The van der Waals surface area contributed by atoms with Gasteiger partial charge in [-0.05, 0) is 31.2 Å². The van der Waals surface area contributed by atoms with E-state index in [4.69, 9.17) is 10.5 Å². The molecule has 0 aromatic carbocycles. The van der Waals surface area contributed by atoms with Crippen molar-refractivity contribution >= 4 is 18.0 Å². The number of amides is 2. The SMILES string of the molecule is CCCCOC(CC)C(CC)SNC(N)=O. The second kappa shape index (κ2) is 9.78. The molecule has 2 amide bonds. The number of hydrogen-bond acceptors (Lipinski definition) is 3. The van der Waals surface area contributed by atoms with Gasteiger partial charge in [0.05, 0.1) is 11.4 Å². The van der Waals surface area contributed by atoms with Crippen LogP contribution in [0.2, 0.25) is 0 Å². The van der Waals surface area contributed by atoms with Crippen LogP contribution in [0.1, 0.15) is 46.5 Å². The fraction of sp³-hybridized carbons (Fsp3) is 0.909. The minimum atomic E-state index is -0.494. The zero-order valence-electron chi connectivity index (χ0n) is 10.5. The minimum absolute atomic E-state index is 0.188. The van der Waals surface area contributed by atoms with Crippen molar-refractivity contribution in [3.8, 4) is 0 Å². The number of nitrogens with two attached hydrogens (primary N) is 1. The first-order chi connectivity index (χ1) is 7.65. The number of carbonyl (C=O) groups is 1. The smallest absolute Gasteiger partial charge is 0.322 e. The Morgan fingerprint density at radius 1 is 1.38 bits per heavy atom. The molecule has 0 aliphatic carbocycles. The van der Waals surface area contributed by atoms with Crippen LogP contribution in [0.25, 0.3) is 0 Å². The Hall–Kier alpha value is -0.420. The van der Waals surface area contributed by atoms with Crippen molar-refractivity contribution in [1.82, 2.24) is 4.72 Å². The average Bonchev–Trinajstić information content (AvgIpc) is 2.27. The van der Waals surface area contributed by atoms with Crippen LogP contribution in [0.15, 0.2) is 0 Å². The fourth-order valence-electron chi connectivity index (χ4n) is 1.42. The Kier molecular flexibility index (Phi) is 9.52.